The fourth-order valence-corrected chi connectivity index (χ4v) is 5.97. The second kappa shape index (κ2) is 10.1. The average molecular weight is 486 g/mol. The molecule has 1 aromatic heterocycles. The van der Waals surface area contributed by atoms with E-state index in [0.29, 0.717) is 44.4 Å². The van der Waals surface area contributed by atoms with Gasteiger partial charge >= 0.3 is 5.76 Å². The third kappa shape index (κ3) is 5.10. The molecule has 9 heteroatoms. The molecule has 4 rings (SSSR count). The fraction of sp³-hybridized carbons (Fsp3) is 0.440. The molecule has 0 spiro atoms. The van der Waals surface area contributed by atoms with Crippen molar-refractivity contribution < 1.29 is 17.6 Å². The Morgan fingerprint density at radius 1 is 1.12 bits per heavy atom. The molecular weight excluding hydrogens is 454 g/mol. The molecule has 34 heavy (non-hydrogen) atoms. The lowest BCUT2D eigenvalue weighted by Gasteiger charge is -2.31. The van der Waals surface area contributed by atoms with Crippen LogP contribution < -0.4 is 11.1 Å². The van der Waals surface area contributed by atoms with E-state index in [0.717, 1.165) is 24.1 Å². The van der Waals surface area contributed by atoms with Gasteiger partial charge in [0.05, 0.1) is 10.4 Å². The van der Waals surface area contributed by atoms with Gasteiger partial charge in [-0.2, -0.15) is 4.31 Å². The van der Waals surface area contributed by atoms with Crippen molar-refractivity contribution in [2.24, 2.45) is 5.92 Å². The normalized spacial score (nSPS) is 15.6. The van der Waals surface area contributed by atoms with E-state index in [1.165, 1.54) is 21.0 Å². The zero-order chi connectivity index (χ0) is 24.3. The van der Waals surface area contributed by atoms with Crippen LogP contribution in [-0.2, 0) is 27.8 Å². The van der Waals surface area contributed by atoms with Crippen molar-refractivity contribution >= 4 is 32.7 Å². The predicted octanol–water partition coefficient (Wildman–Crippen LogP) is 4.00. The Morgan fingerprint density at radius 2 is 1.88 bits per heavy atom. The Morgan fingerprint density at radius 3 is 2.59 bits per heavy atom. The molecule has 1 fully saturated rings. The van der Waals surface area contributed by atoms with Crippen molar-refractivity contribution in [3.8, 4) is 0 Å². The number of amides is 1. The maximum atomic E-state index is 13.2. The highest BCUT2D eigenvalue weighted by Crippen LogP contribution is 2.28. The highest BCUT2D eigenvalue weighted by atomic mass is 32.2. The van der Waals surface area contributed by atoms with E-state index in [9.17, 15) is 18.0 Å². The number of hydrogen-bond acceptors (Lipinski definition) is 5. The van der Waals surface area contributed by atoms with Gasteiger partial charge in [-0.25, -0.2) is 13.2 Å². The van der Waals surface area contributed by atoms with Gasteiger partial charge in [0.2, 0.25) is 15.9 Å². The summed E-state index contributed by atoms with van der Waals surface area (Å²) in [7, 11) is -3.72. The van der Waals surface area contributed by atoms with Crippen LogP contribution in [0.4, 0.5) is 5.69 Å². The van der Waals surface area contributed by atoms with Crippen molar-refractivity contribution in [3.63, 3.8) is 0 Å². The molecule has 0 atom stereocenters. The van der Waals surface area contributed by atoms with Gasteiger partial charge in [-0.1, -0.05) is 26.0 Å². The molecule has 1 aliphatic rings. The molecular formula is C25H31N3O5S. The molecule has 8 nitrogen and oxygen atoms in total. The third-order valence-corrected chi connectivity index (χ3v) is 8.29. The van der Waals surface area contributed by atoms with Gasteiger partial charge in [-0.05, 0) is 61.4 Å². The number of nitrogens with one attached hydrogen (secondary N) is 1. The van der Waals surface area contributed by atoms with Crippen molar-refractivity contribution in [2.45, 2.75) is 57.4 Å². The lowest BCUT2D eigenvalue weighted by Crippen LogP contribution is -2.39. The van der Waals surface area contributed by atoms with Crippen molar-refractivity contribution in [1.82, 2.24) is 8.87 Å². The smallest absolute Gasteiger partial charge is 0.408 e. The number of carbonyl (C=O) groups is 1. The van der Waals surface area contributed by atoms with Gasteiger partial charge in [-0.3, -0.25) is 9.36 Å². The lowest BCUT2D eigenvalue weighted by atomic mass is 9.94. The number of anilines is 1. The standard InChI is InChI=1S/C25H31N3O5S/c1-3-12-28-22-9-8-21(17-23(22)33-25(28)30)34(31,32)27-13-10-19(11-14-27)16-24(29)26-20-7-5-6-18(4-2)15-20/h5-9,15,17,19H,3-4,10-14,16H2,1-2H3,(H,26,29). The SMILES string of the molecule is CCCn1c(=O)oc2cc(S(=O)(=O)N3CCC(CC(=O)Nc4cccc(CC)c4)CC3)ccc21. The van der Waals surface area contributed by atoms with Gasteiger partial charge in [0.25, 0.3) is 0 Å². The Labute approximate surface area is 199 Å². The highest BCUT2D eigenvalue weighted by molar-refractivity contribution is 7.89. The number of rotatable bonds is 8. The van der Waals surface area contributed by atoms with E-state index >= 15 is 0 Å². The Balaban J connectivity index is 1.38. The number of fused-ring (bicyclic) bond motifs is 1. The highest BCUT2D eigenvalue weighted by Gasteiger charge is 2.31. The Bertz CT molecular complexity index is 1330. The molecule has 0 unspecified atom stereocenters. The predicted molar refractivity (Wildman–Crippen MR) is 131 cm³/mol. The van der Waals surface area contributed by atoms with Crippen molar-refractivity contribution in [3.05, 3.63) is 58.6 Å². The molecule has 2 aromatic carbocycles. The van der Waals surface area contributed by atoms with Gasteiger partial charge in [0.1, 0.15) is 0 Å². The van der Waals surface area contributed by atoms with Crippen molar-refractivity contribution in [1.29, 1.82) is 0 Å². The largest absolute Gasteiger partial charge is 0.419 e. The van der Waals surface area contributed by atoms with Crippen LogP contribution in [0, 0.1) is 5.92 Å². The lowest BCUT2D eigenvalue weighted by molar-refractivity contribution is -0.117. The van der Waals surface area contributed by atoms with Crippen molar-refractivity contribution in [2.75, 3.05) is 18.4 Å². The number of carbonyl (C=O) groups excluding carboxylic acids is 1. The summed E-state index contributed by atoms with van der Waals surface area (Å²) in [6.45, 7) is 5.25. The molecule has 0 aliphatic carbocycles. The molecule has 2 heterocycles. The number of piperidine rings is 1. The number of sulfonamides is 1. The number of aryl methyl sites for hydroxylation is 2. The molecule has 1 saturated heterocycles. The monoisotopic (exact) mass is 485 g/mol. The zero-order valence-corrected chi connectivity index (χ0v) is 20.4. The van der Waals surface area contributed by atoms with E-state index in [-0.39, 0.29) is 22.3 Å². The topological polar surface area (TPSA) is 102 Å². The second-order valence-electron chi connectivity index (χ2n) is 8.80. The van der Waals surface area contributed by atoms with E-state index in [1.54, 1.807) is 6.07 Å². The van der Waals surface area contributed by atoms with Gasteiger partial charge in [0, 0.05) is 37.8 Å². The summed E-state index contributed by atoms with van der Waals surface area (Å²) in [4.78, 5) is 24.7. The van der Waals surface area contributed by atoms with Crippen LogP contribution in [0.3, 0.4) is 0 Å². The molecule has 1 aliphatic heterocycles. The van der Waals surface area contributed by atoms with Crippen LogP contribution in [0.2, 0.25) is 0 Å². The summed E-state index contributed by atoms with van der Waals surface area (Å²) in [6.07, 6.45) is 3.27. The minimum absolute atomic E-state index is 0.0494. The molecule has 0 bridgehead atoms. The van der Waals surface area contributed by atoms with E-state index in [2.05, 4.69) is 12.2 Å². The number of hydrogen-bond donors (Lipinski definition) is 1. The summed E-state index contributed by atoms with van der Waals surface area (Å²) in [5.41, 5.74) is 2.83. The van der Waals surface area contributed by atoms with Crippen LogP contribution in [0.15, 0.2) is 56.6 Å². The Kier molecular flexibility index (Phi) is 7.23. The maximum Gasteiger partial charge on any atom is 0.419 e. The van der Waals surface area contributed by atoms with Crippen LogP contribution >= 0.6 is 0 Å². The molecule has 1 N–H and O–H groups in total. The maximum absolute atomic E-state index is 13.2. The molecule has 1 amide bonds. The van der Waals surface area contributed by atoms with Gasteiger partial charge < -0.3 is 9.73 Å². The number of nitrogens with zero attached hydrogens (tertiary/aromatic N) is 2. The van der Waals surface area contributed by atoms with Gasteiger partial charge in [0.15, 0.2) is 5.58 Å². The first-order valence-corrected chi connectivity index (χ1v) is 13.3. The number of benzene rings is 2. The van der Waals surface area contributed by atoms with Crippen LogP contribution in [-0.4, -0.2) is 36.3 Å². The first-order chi connectivity index (χ1) is 16.3. The minimum atomic E-state index is -3.72. The third-order valence-electron chi connectivity index (χ3n) is 6.39. The molecule has 0 saturated carbocycles. The van der Waals surface area contributed by atoms with E-state index in [1.807, 2.05) is 31.2 Å². The first kappa shape index (κ1) is 24.2. The summed E-state index contributed by atoms with van der Waals surface area (Å²) in [5.74, 6) is -0.400. The first-order valence-electron chi connectivity index (χ1n) is 11.8. The summed E-state index contributed by atoms with van der Waals surface area (Å²) >= 11 is 0. The summed E-state index contributed by atoms with van der Waals surface area (Å²) < 4.78 is 34.6. The zero-order valence-electron chi connectivity index (χ0n) is 19.6. The molecule has 0 radical (unpaired) electrons. The number of aromatic nitrogens is 1. The Hall–Kier alpha value is -2.91. The van der Waals surface area contributed by atoms with Crippen LogP contribution in [0.25, 0.3) is 11.1 Å². The van der Waals surface area contributed by atoms with Crippen LogP contribution in [0.5, 0.6) is 0 Å². The quantitative estimate of drug-likeness (QED) is 0.520. The fourth-order valence-electron chi connectivity index (χ4n) is 4.49. The van der Waals surface area contributed by atoms with Crippen LogP contribution in [0.1, 0.15) is 45.1 Å². The minimum Gasteiger partial charge on any atom is -0.408 e. The molecule has 3 aromatic rings. The molecule has 182 valence electrons. The number of oxazole rings is 1. The average Bonchev–Trinajstić information content (AvgIpc) is 3.14. The second-order valence-corrected chi connectivity index (χ2v) is 10.7. The summed E-state index contributed by atoms with van der Waals surface area (Å²) in [6, 6.07) is 12.4. The summed E-state index contributed by atoms with van der Waals surface area (Å²) in [5, 5.41) is 2.95. The van der Waals surface area contributed by atoms with Gasteiger partial charge in [-0.15, -0.1) is 0 Å². The van der Waals surface area contributed by atoms with E-state index in [4.69, 9.17) is 4.42 Å². The van der Waals surface area contributed by atoms with E-state index < -0.39 is 15.8 Å².